The molecule has 0 aliphatic rings. The molecular formula is C11H12ClN3O. The van der Waals surface area contributed by atoms with Crippen molar-refractivity contribution in [1.82, 2.24) is 10.1 Å². The van der Waals surface area contributed by atoms with Crippen LogP contribution in [0.4, 0.5) is 5.82 Å². The first-order valence-corrected chi connectivity index (χ1v) is 5.32. The van der Waals surface area contributed by atoms with Gasteiger partial charge in [0.25, 0.3) is 0 Å². The van der Waals surface area contributed by atoms with Crippen LogP contribution in [0.25, 0.3) is 0 Å². The minimum Gasteiger partial charge on any atom is -0.366 e. The van der Waals surface area contributed by atoms with Crippen LogP contribution >= 0.6 is 11.6 Å². The molecule has 0 atom stereocenters. The van der Waals surface area contributed by atoms with Gasteiger partial charge >= 0.3 is 0 Å². The van der Waals surface area contributed by atoms with Gasteiger partial charge in [-0.05, 0) is 26.0 Å². The Balaban J connectivity index is 2.05. The molecule has 16 heavy (non-hydrogen) atoms. The third kappa shape index (κ3) is 2.33. The number of hydrogen-bond donors (Lipinski definition) is 1. The summed E-state index contributed by atoms with van der Waals surface area (Å²) in [4.78, 5) is 4.14. The summed E-state index contributed by atoms with van der Waals surface area (Å²) in [6.07, 6.45) is 1.61. The quantitative estimate of drug-likeness (QED) is 0.892. The van der Waals surface area contributed by atoms with Crippen LogP contribution in [0.2, 0.25) is 5.02 Å². The lowest BCUT2D eigenvalue weighted by Gasteiger charge is -2.04. The highest BCUT2D eigenvalue weighted by atomic mass is 35.5. The van der Waals surface area contributed by atoms with E-state index in [1.807, 2.05) is 19.9 Å². The lowest BCUT2D eigenvalue weighted by atomic mass is 10.2. The van der Waals surface area contributed by atoms with E-state index in [9.17, 15) is 0 Å². The second kappa shape index (κ2) is 4.53. The number of halogens is 1. The number of nitrogens with one attached hydrogen (secondary N) is 1. The summed E-state index contributed by atoms with van der Waals surface area (Å²) in [6.45, 7) is 4.46. The summed E-state index contributed by atoms with van der Waals surface area (Å²) in [5.41, 5.74) is 1.97. The van der Waals surface area contributed by atoms with Crippen molar-refractivity contribution in [2.75, 3.05) is 5.32 Å². The molecule has 0 saturated heterocycles. The van der Waals surface area contributed by atoms with Gasteiger partial charge in [0.2, 0.25) is 0 Å². The van der Waals surface area contributed by atoms with Crippen molar-refractivity contribution in [3.63, 3.8) is 0 Å². The average molecular weight is 238 g/mol. The molecule has 0 aliphatic carbocycles. The Bertz CT molecular complexity index is 459. The van der Waals surface area contributed by atoms with E-state index in [0.29, 0.717) is 11.6 Å². The summed E-state index contributed by atoms with van der Waals surface area (Å²) < 4.78 is 5.07. The Morgan fingerprint density at radius 1 is 1.38 bits per heavy atom. The van der Waals surface area contributed by atoms with Gasteiger partial charge in [-0.2, -0.15) is 0 Å². The molecule has 2 aromatic heterocycles. The van der Waals surface area contributed by atoms with E-state index in [4.69, 9.17) is 16.1 Å². The number of anilines is 1. The predicted molar refractivity (Wildman–Crippen MR) is 62.6 cm³/mol. The Labute approximate surface area is 98.6 Å². The highest BCUT2D eigenvalue weighted by Crippen LogP contribution is 2.15. The highest BCUT2D eigenvalue weighted by molar-refractivity contribution is 6.30. The molecule has 0 spiro atoms. The lowest BCUT2D eigenvalue weighted by Crippen LogP contribution is -2.02. The summed E-state index contributed by atoms with van der Waals surface area (Å²) >= 11 is 5.75. The molecule has 2 heterocycles. The monoisotopic (exact) mass is 237 g/mol. The molecule has 1 N–H and O–H groups in total. The minimum atomic E-state index is 0.628. The smallest absolute Gasteiger partial charge is 0.138 e. The number of pyridine rings is 1. The maximum absolute atomic E-state index is 5.75. The van der Waals surface area contributed by atoms with Crippen molar-refractivity contribution in [3.8, 4) is 0 Å². The van der Waals surface area contributed by atoms with Gasteiger partial charge in [0.05, 0.1) is 10.7 Å². The van der Waals surface area contributed by atoms with E-state index in [1.165, 1.54) is 0 Å². The number of aromatic nitrogens is 2. The van der Waals surface area contributed by atoms with Crippen molar-refractivity contribution >= 4 is 17.4 Å². The normalized spacial score (nSPS) is 10.4. The van der Waals surface area contributed by atoms with Gasteiger partial charge in [0, 0.05) is 18.3 Å². The van der Waals surface area contributed by atoms with Gasteiger partial charge in [-0.3, -0.25) is 0 Å². The molecule has 0 unspecified atom stereocenters. The van der Waals surface area contributed by atoms with Gasteiger partial charge < -0.3 is 9.84 Å². The standard InChI is InChI=1S/C11H12ClN3O/c1-7-10(8(2)16-15-7)6-14-11-4-3-9(12)5-13-11/h3-5H,6H2,1-2H3,(H,13,14). The average Bonchev–Trinajstić information content (AvgIpc) is 2.59. The van der Waals surface area contributed by atoms with Crippen LogP contribution in [-0.2, 0) is 6.54 Å². The van der Waals surface area contributed by atoms with Gasteiger partial charge in [0.15, 0.2) is 0 Å². The van der Waals surface area contributed by atoms with E-state index in [1.54, 1.807) is 12.3 Å². The van der Waals surface area contributed by atoms with Crippen LogP contribution in [-0.4, -0.2) is 10.1 Å². The molecule has 0 aromatic carbocycles. The van der Waals surface area contributed by atoms with Crippen LogP contribution in [0, 0.1) is 13.8 Å². The minimum absolute atomic E-state index is 0.628. The molecule has 2 aromatic rings. The summed E-state index contributed by atoms with van der Waals surface area (Å²) in [5.74, 6) is 1.61. The largest absolute Gasteiger partial charge is 0.366 e. The SMILES string of the molecule is Cc1noc(C)c1CNc1ccc(Cl)cn1. The lowest BCUT2D eigenvalue weighted by molar-refractivity contribution is 0.392. The van der Waals surface area contributed by atoms with Crippen molar-refractivity contribution < 1.29 is 4.52 Å². The summed E-state index contributed by atoms with van der Waals surface area (Å²) in [7, 11) is 0. The fourth-order valence-electron chi connectivity index (χ4n) is 1.41. The second-order valence-electron chi connectivity index (χ2n) is 3.52. The van der Waals surface area contributed by atoms with Crippen molar-refractivity contribution in [2.45, 2.75) is 20.4 Å². The zero-order valence-electron chi connectivity index (χ0n) is 9.12. The van der Waals surface area contributed by atoms with Gasteiger partial charge in [0.1, 0.15) is 11.6 Å². The summed E-state index contributed by atoms with van der Waals surface area (Å²) in [5, 5.41) is 7.70. The zero-order chi connectivity index (χ0) is 11.5. The first-order chi connectivity index (χ1) is 7.66. The van der Waals surface area contributed by atoms with E-state index >= 15 is 0 Å². The molecule has 0 amide bonds. The first-order valence-electron chi connectivity index (χ1n) is 4.94. The fraction of sp³-hybridized carbons (Fsp3) is 0.273. The van der Waals surface area contributed by atoms with Crippen molar-refractivity contribution in [3.05, 3.63) is 40.4 Å². The fourth-order valence-corrected chi connectivity index (χ4v) is 1.53. The first kappa shape index (κ1) is 11.0. The van der Waals surface area contributed by atoms with E-state index in [-0.39, 0.29) is 0 Å². The van der Waals surface area contributed by atoms with Crippen molar-refractivity contribution in [2.24, 2.45) is 0 Å². The Morgan fingerprint density at radius 3 is 2.75 bits per heavy atom. The molecule has 0 fully saturated rings. The molecule has 2 rings (SSSR count). The van der Waals surface area contributed by atoms with Crippen LogP contribution in [0.15, 0.2) is 22.9 Å². The topological polar surface area (TPSA) is 51.0 Å². The molecule has 0 radical (unpaired) electrons. The number of hydrogen-bond acceptors (Lipinski definition) is 4. The molecule has 0 saturated carbocycles. The number of rotatable bonds is 3. The molecule has 5 heteroatoms. The maximum Gasteiger partial charge on any atom is 0.138 e. The van der Waals surface area contributed by atoms with E-state index in [2.05, 4.69) is 15.5 Å². The second-order valence-corrected chi connectivity index (χ2v) is 3.95. The predicted octanol–water partition coefficient (Wildman–Crippen LogP) is 2.95. The third-order valence-electron chi connectivity index (χ3n) is 2.35. The highest BCUT2D eigenvalue weighted by Gasteiger charge is 2.08. The number of nitrogens with zero attached hydrogens (tertiary/aromatic N) is 2. The van der Waals surface area contributed by atoms with E-state index in [0.717, 1.165) is 22.8 Å². The molecule has 4 nitrogen and oxygen atoms in total. The van der Waals surface area contributed by atoms with Crippen LogP contribution in [0.1, 0.15) is 17.0 Å². The zero-order valence-corrected chi connectivity index (χ0v) is 9.88. The Kier molecular flexibility index (Phi) is 3.10. The van der Waals surface area contributed by atoms with E-state index < -0.39 is 0 Å². The summed E-state index contributed by atoms with van der Waals surface area (Å²) in [6, 6.07) is 3.63. The van der Waals surface area contributed by atoms with Gasteiger partial charge in [-0.15, -0.1) is 0 Å². The Hall–Kier alpha value is -1.55. The number of aryl methyl sites for hydroxylation is 2. The molecular weight excluding hydrogens is 226 g/mol. The third-order valence-corrected chi connectivity index (χ3v) is 2.58. The van der Waals surface area contributed by atoms with Gasteiger partial charge in [-0.1, -0.05) is 16.8 Å². The van der Waals surface area contributed by atoms with Crippen LogP contribution in [0.5, 0.6) is 0 Å². The van der Waals surface area contributed by atoms with Crippen LogP contribution < -0.4 is 5.32 Å². The Morgan fingerprint density at radius 2 is 2.19 bits per heavy atom. The molecule has 84 valence electrons. The molecule has 0 bridgehead atoms. The van der Waals surface area contributed by atoms with Crippen LogP contribution in [0.3, 0.4) is 0 Å². The maximum atomic E-state index is 5.75. The van der Waals surface area contributed by atoms with Gasteiger partial charge in [-0.25, -0.2) is 4.98 Å². The van der Waals surface area contributed by atoms with Crippen molar-refractivity contribution in [1.29, 1.82) is 0 Å². The molecule has 0 aliphatic heterocycles.